The van der Waals surface area contributed by atoms with Crippen LogP contribution in [0.1, 0.15) is 19.8 Å². The van der Waals surface area contributed by atoms with E-state index in [1.807, 2.05) is 0 Å². The van der Waals surface area contributed by atoms with Crippen LogP contribution in [0.5, 0.6) is 6.01 Å². The maximum atomic E-state index is 11.7. The third-order valence-electron chi connectivity index (χ3n) is 2.97. The van der Waals surface area contributed by atoms with Crippen LogP contribution in [0.4, 0.5) is 0 Å². The van der Waals surface area contributed by atoms with Crippen LogP contribution in [0.25, 0.3) is 0 Å². The SMILES string of the molecule is CCS(=O)(=O)N1CCC(Oc2ncccn2)CC1. The van der Waals surface area contributed by atoms with Gasteiger partial charge in [-0.05, 0) is 25.8 Å². The predicted molar refractivity (Wildman–Crippen MR) is 66.7 cm³/mol. The Bertz CT molecular complexity index is 470. The highest BCUT2D eigenvalue weighted by molar-refractivity contribution is 7.89. The first kappa shape index (κ1) is 13.2. The second-order valence-electron chi connectivity index (χ2n) is 4.15. The van der Waals surface area contributed by atoms with E-state index in [2.05, 4.69) is 9.97 Å². The molecule has 0 saturated carbocycles. The molecule has 1 fully saturated rings. The van der Waals surface area contributed by atoms with E-state index in [1.54, 1.807) is 25.4 Å². The number of hydrogen-bond acceptors (Lipinski definition) is 5. The molecule has 1 saturated heterocycles. The molecule has 0 bridgehead atoms. The lowest BCUT2D eigenvalue weighted by molar-refractivity contribution is 0.124. The van der Waals surface area contributed by atoms with Crippen LogP contribution in [0.2, 0.25) is 0 Å². The zero-order chi connectivity index (χ0) is 13.0. The lowest BCUT2D eigenvalue weighted by Gasteiger charge is -2.30. The maximum absolute atomic E-state index is 11.7. The molecule has 1 aliphatic heterocycles. The monoisotopic (exact) mass is 271 g/mol. The van der Waals surface area contributed by atoms with E-state index < -0.39 is 10.0 Å². The molecule has 2 heterocycles. The Balaban J connectivity index is 1.88. The fourth-order valence-electron chi connectivity index (χ4n) is 1.91. The molecule has 2 rings (SSSR count). The zero-order valence-corrected chi connectivity index (χ0v) is 11.1. The fourth-order valence-corrected chi connectivity index (χ4v) is 3.04. The van der Waals surface area contributed by atoms with Crippen molar-refractivity contribution in [2.24, 2.45) is 0 Å². The summed E-state index contributed by atoms with van der Waals surface area (Å²) < 4.78 is 30.5. The van der Waals surface area contributed by atoms with Gasteiger partial charge in [0.05, 0.1) is 5.75 Å². The van der Waals surface area contributed by atoms with Gasteiger partial charge >= 0.3 is 6.01 Å². The molecule has 0 amide bonds. The Labute approximate surface area is 107 Å². The first-order valence-corrected chi connectivity index (χ1v) is 7.64. The minimum atomic E-state index is -3.07. The van der Waals surface area contributed by atoms with Crippen molar-refractivity contribution in [1.29, 1.82) is 0 Å². The van der Waals surface area contributed by atoms with Crippen molar-refractivity contribution in [3.8, 4) is 6.01 Å². The summed E-state index contributed by atoms with van der Waals surface area (Å²) in [4.78, 5) is 7.98. The van der Waals surface area contributed by atoms with Crippen LogP contribution >= 0.6 is 0 Å². The molecule has 6 nitrogen and oxygen atoms in total. The van der Waals surface area contributed by atoms with E-state index in [-0.39, 0.29) is 11.9 Å². The minimum absolute atomic E-state index is 0.00398. The van der Waals surface area contributed by atoms with Crippen LogP contribution in [-0.2, 0) is 10.0 Å². The fraction of sp³-hybridized carbons (Fsp3) is 0.636. The summed E-state index contributed by atoms with van der Waals surface area (Å²) in [5.41, 5.74) is 0. The molecule has 0 spiro atoms. The van der Waals surface area contributed by atoms with Crippen LogP contribution in [-0.4, -0.2) is 47.6 Å². The van der Waals surface area contributed by atoms with Gasteiger partial charge in [0.2, 0.25) is 10.0 Å². The molecule has 0 radical (unpaired) electrons. The Hall–Kier alpha value is -1.21. The lowest BCUT2D eigenvalue weighted by Crippen LogP contribution is -2.42. The topological polar surface area (TPSA) is 72.4 Å². The van der Waals surface area contributed by atoms with Gasteiger partial charge in [0.1, 0.15) is 6.10 Å². The number of nitrogens with zero attached hydrogens (tertiary/aromatic N) is 3. The van der Waals surface area contributed by atoms with Gasteiger partial charge in [0.25, 0.3) is 0 Å². The summed E-state index contributed by atoms with van der Waals surface area (Å²) in [5, 5.41) is 0. The Morgan fingerprint density at radius 1 is 1.33 bits per heavy atom. The smallest absolute Gasteiger partial charge is 0.316 e. The molecular formula is C11H17N3O3S. The standard InChI is InChI=1S/C11H17N3O3S/c1-2-18(15,16)14-8-4-10(5-9-14)17-11-12-6-3-7-13-11/h3,6-7,10H,2,4-5,8-9H2,1H3. The normalized spacial score (nSPS) is 18.7. The largest absolute Gasteiger partial charge is 0.460 e. The zero-order valence-electron chi connectivity index (χ0n) is 10.3. The summed E-state index contributed by atoms with van der Waals surface area (Å²) in [6, 6.07) is 2.08. The van der Waals surface area contributed by atoms with Crippen molar-refractivity contribution in [3.05, 3.63) is 18.5 Å². The van der Waals surface area contributed by atoms with E-state index in [4.69, 9.17) is 4.74 Å². The summed E-state index contributed by atoms with van der Waals surface area (Å²) >= 11 is 0. The van der Waals surface area contributed by atoms with E-state index in [0.29, 0.717) is 31.9 Å². The number of sulfonamides is 1. The number of piperidine rings is 1. The van der Waals surface area contributed by atoms with Crippen molar-refractivity contribution >= 4 is 10.0 Å². The predicted octanol–water partition coefficient (Wildman–Crippen LogP) is 0.669. The second kappa shape index (κ2) is 5.62. The van der Waals surface area contributed by atoms with Gasteiger partial charge in [0, 0.05) is 25.5 Å². The molecule has 7 heteroatoms. The van der Waals surface area contributed by atoms with Gasteiger partial charge in [-0.25, -0.2) is 22.7 Å². The average Bonchev–Trinajstić information content (AvgIpc) is 2.40. The van der Waals surface area contributed by atoms with Gasteiger partial charge in [-0.3, -0.25) is 0 Å². The van der Waals surface area contributed by atoms with Crippen LogP contribution in [0.15, 0.2) is 18.5 Å². The van der Waals surface area contributed by atoms with Crippen molar-refractivity contribution in [1.82, 2.24) is 14.3 Å². The second-order valence-corrected chi connectivity index (χ2v) is 6.41. The molecule has 0 aliphatic carbocycles. The first-order chi connectivity index (χ1) is 8.62. The number of rotatable bonds is 4. The summed E-state index contributed by atoms with van der Waals surface area (Å²) in [6.45, 7) is 2.68. The lowest BCUT2D eigenvalue weighted by atomic mass is 10.1. The highest BCUT2D eigenvalue weighted by Crippen LogP contribution is 2.17. The van der Waals surface area contributed by atoms with Crippen LogP contribution in [0.3, 0.4) is 0 Å². The Morgan fingerprint density at radius 2 is 1.94 bits per heavy atom. The maximum Gasteiger partial charge on any atom is 0.316 e. The molecule has 0 unspecified atom stereocenters. The summed E-state index contributed by atoms with van der Waals surface area (Å²) in [6.07, 6.45) is 4.60. The highest BCUT2D eigenvalue weighted by atomic mass is 32.2. The van der Waals surface area contributed by atoms with Gasteiger partial charge in [-0.15, -0.1) is 0 Å². The van der Waals surface area contributed by atoms with E-state index in [9.17, 15) is 8.42 Å². The van der Waals surface area contributed by atoms with Crippen molar-refractivity contribution in [3.63, 3.8) is 0 Å². The quantitative estimate of drug-likeness (QED) is 0.804. The molecule has 0 atom stereocenters. The van der Waals surface area contributed by atoms with Crippen LogP contribution in [0, 0.1) is 0 Å². The summed E-state index contributed by atoms with van der Waals surface area (Å²) in [7, 11) is -3.07. The van der Waals surface area contributed by atoms with Gasteiger partial charge in [-0.2, -0.15) is 0 Å². The van der Waals surface area contributed by atoms with Gasteiger partial charge in [-0.1, -0.05) is 0 Å². The molecule has 1 aromatic heterocycles. The number of hydrogen-bond donors (Lipinski definition) is 0. The Morgan fingerprint density at radius 3 is 2.50 bits per heavy atom. The third kappa shape index (κ3) is 3.17. The van der Waals surface area contributed by atoms with Gasteiger partial charge in [0.15, 0.2) is 0 Å². The van der Waals surface area contributed by atoms with Crippen LogP contribution < -0.4 is 4.74 Å². The molecule has 18 heavy (non-hydrogen) atoms. The van der Waals surface area contributed by atoms with Crippen molar-refractivity contribution in [2.75, 3.05) is 18.8 Å². The van der Waals surface area contributed by atoms with E-state index in [0.717, 1.165) is 0 Å². The molecule has 1 aliphatic rings. The first-order valence-electron chi connectivity index (χ1n) is 6.03. The number of ether oxygens (including phenoxy) is 1. The number of aromatic nitrogens is 2. The van der Waals surface area contributed by atoms with Crippen molar-refractivity contribution < 1.29 is 13.2 Å². The summed E-state index contributed by atoms with van der Waals surface area (Å²) in [5.74, 6) is 0.153. The van der Waals surface area contributed by atoms with Gasteiger partial charge < -0.3 is 4.74 Å². The van der Waals surface area contributed by atoms with Crippen molar-refractivity contribution in [2.45, 2.75) is 25.9 Å². The van der Waals surface area contributed by atoms with E-state index in [1.165, 1.54) is 4.31 Å². The minimum Gasteiger partial charge on any atom is -0.460 e. The molecule has 100 valence electrons. The average molecular weight is 271 g/mol. The van der Waals surface area contributed by atoms with E-state index >= 15 is 0 Å². The molecule has 1 aromatic rings. The molecule has 0 aromatic carbocycles. The molecule has 0 N–H and O–H groups in total. The Kier molecular flexibility index (Phi) is 4.13. The molecular weight excluding hydrogens is 254 g/mol. The third-order valence-corrected chi connectivity index (χ3v) is 4.85. The highest BCUT2D eigenvalue weighted by Gasteiger charge is 2.27.